The molecule has 7 aromatic heterocycles. The van der Waals surface area contributed by atoms with Crippen LogP contribution in [0.4, 0.5) is 26.5 Å². The van der Waals surface area contributed by atoms with Gasteiger partial charge in [-0.25, -0.2) is 38.7 Å². The average molecular weight is 1420 g/mol. The summed E-state index contributed by atoms with van der Waals surface area (Å²) in [6, 6.07) is 0. The van der Waals surface area contributed by atoms with Crippen molar-refractivity contribution in [1.82, 2.24) is 68.1 Å². The van der Waals surface area contributed by atoms with Crippen molar-refractivity contribution in [3.8, 4) is 0 Å². The smallest absolute Gasteiger partial charge is 0.325 e. The van der Waals surface area contributed by atoms with Crippen LogP contribution in [0.25, 0.3) is 33.5 Å². The second kappa shape index (κ2) is 24.0. The predicted molar refractivity (Wildman–Crippen MR) is 320 cm³/mol. The number of nitrogens with two attached hydrogens (primary N) is 2. The van der Waals surface area contributed by atoms with Gasteiger partial charge in [0.25, 0.3) is 16.7 Å². The van der Waals surface area contributed by atoms with Crippen LogP contribution in [0, 0.1) is 0 Å². The summed E-state index contributed by atoms with van der Waals surface area (Å²) in [5.74, 6) is -0.130. The number of aromatic amines is 3. The number of aromatic nitrogens is 14. The number of anilines is 2. The van der Waals surface area contributed by atoms with E-state index in [-0.39, 0.29) is 89.3 Å². The minimum atomic E-state index is -4.33. The standard InChI is InChI=1S/C21H24N8O9P2S3.C20H21F2N9O9P2S3/c22-21-26-18-16(19(31)27-21)25-8-29(18)20-12-3-9(35-20)5-33-39(32,41)37-11-4-14(36-13(11)6-34-40(42,43)38-12)28-7-24-15-10(30)1-2-23-17(15)28;21-8-6-1-36-42(44,45)40-12-7(38-18(9(12)22)30-4-26-10-14(30)24-3-25-16(10)32)2-35-41(34,43)39-13(8)19(37-6)31-5-27-11-15(31)28-20(23)29-17(11)33/h2,7-9,11-14,20H,1,3-6H2,(H,32,41)(H,42,43)(H3,22,26,27,31);3-9,12-13,18-19H,1-2H2,(H,34,43)(H,44,45)(H,24,25,32)(H3,23,28,29,33)/t9-,11-,12+,13+,14+,20+,39?;6-,7-,8-,9+,12-,13-,18-,19-,41?/m01/s1. The van der Waals surface area contributed by atoms with E-state index in [1.165, 1.54) is 38.9 Å². The number of ketones is 1. The lowest BCUT2D eigenvalue weighted by molar-refractivity contribution is -0.0568. The third-order valence-corrected chi connectivity index (χ3v) is 22.0. The van der Waals surface area contributed by atoms with Gasteiger partial charge in [0.05, 0.1) is 70.3 Å². The molecule has 35 nitrogen and oxygen atoms in total. The second-order valence-corrected chi connectivity index (χ2v) is 36.2. The Morgan fingerprint density at radius 3 is 1.85 bits per heavy atom. The highest BCUT2D eigenvalue weighted by Crippen LogP contribution is 2.61. The number of nitrogen functional groups attached to an aromatic ring is 2. The minimum Gasteiger partial charge on any atom is -0.369 e. The van der Waals surface area contributed by atoms with Gasteiger partial charge >= 0.3 is 13.4 Å². The van der Waals surface area contributed by atoms with E-state index in [1.54, 1.807) is 4.57 Å². The number of H-pyrrole nitrogens is 3. The Kier molecular flexibility index (Phi) is 17.1. The highest BCUT2D eigenvalue weighted by Gasteiger charge is 2.54. The van der Waals surface area contributed by atoms with E-state index < -0.39 is 141 Å². The van der Waals surface area contributed by atoms with Crippen molar-refractivity contribution in [3.63, 3.8) is 0 Å². The molecule has 9 N–H and O–H groups in total. The van der Waals surface area contributed by atoms with Crippen LogP contribution in [-0.2, 0) is 102 Å². The summed E-state index contributed by atoms with van der Waals surface area (Å²) in [7, 11) is 0. The molecule has 4 unspecified atom stereocenters. The number of Topliss-reactive ketones (excluding diaryl/α,β-unsaturated/α-hetero) is 1. The Morgan fingerprint density at radius 1 is 0.580 bits per heavy atom. The first kappa shape index (κ1) is 62.6. The van der Waals surface area contributed by atoms with Crippen molar-refractivity contribution in [1.29, 1.82) is 0 Å². The van der Waals surface area contributed by atoms with Gasteiger partial charge in [-0.15, -0.1) is 0 Å². The number of carbonyl (C=O) groups is 1. The molecular weight excluding hydrogens is 1370 g/mol. The largest absolute Gasteiger partial charge is 0.369 e. The molecule has 6 fully saturated rings. The van der Waals surface area contributed by atoms with E-state index in [0.29, 0.717) is 5.82 Å². The monoisotopic (exact) mass is 1420 g/mol. The van der Waals surface area contributed by atoms with E-state index in [4.69, 9.17) is 114 Å². The van der Waals surface area contributed by atoms with Crippen molar-refractivity contribution >= 4 is 160 Å². The first-order valence-electron chi connectivity index (χ1n) is 25.8. The quantitative estimate of drug-likeness (QED) is 0.0900. The van der Waals surface area contributed by atoms with Crippen LogP contribution in [0.3, 0.4) is 0 Å². The summed E-state index contributed by atoms with van der Waals surface area (Å²) >= 11 is 30.4. The third-order valence-electron chi connectivity index (χ3n) is 14.5. The van der Waals surface area contributed by atoms with Gasteiger partial charge in [-0.05, 0) is 47.2 Å². The van der Waals surface area contributed by atoms with Gasteiger partial charge in [0.2, 0.25) is 23.3 Å². The molecule has 6 saturated heterocycles. The molecule has 88 heavy (non-hydrogen) atoms. The van der Waals surface area contributed by atoms with Gasteiger partial charge < -0.3 is 76.9 Å². The van der Waals surface area contributed by atoms with Crippen LogP contribution in [0.2, 0.25) is 0 Å². The minimum absolute atomic E-state index is 0.0253. The lowest BCUT2D eigenvalue weighted by Gasteiger charge is -2.28. The van der Waals surface area contributed by atoms with Gasteiger partial charge in [0.15, 0.2) is 81.8 Å². The van der Waals surface area contributed by atoms with Crippen molar-refractivity contribution in [3.05, 3.63) is 68.4 Å². The van der Waals surface area contributed by atoms with Crippen LogP contribution in [0.15, 0.2) is 51.0 Å². The fraction of sp³-hybridized carbons (Fsp3) is 0.512. The summed E-state index contributed by atoms with van der Waals surface area (Å²) < 4.78 is 108. The summed E-state index contributed by atoms with van der Waals surface area (Å²) in [6.07, 6.45) is -8.66. The number of hydrogen-bond acceptors (Lipinski definition) is 30. The van der Waals surface area contributed by atoms with Crippen LogP contribution >= 0.6 is 49.3 Å². The number of carbonyl (C=O) groups excluding carboxylic acids is 1. The lowest BCUT2D eigenvalue weighted by Crippen LogP contribution is -2.34. The second-order valence-electron chi connectivity index (χ2n) is 20.1. The fourth-order valence-corrected chi connectivity index (χ4v) is 17.5. The van der Waals surface area contributed by atoms with Gasteiger partial charge in [0.1, 0.15) is 42.9 Å². The number of halogens is 2. The molecule has 7 aromatic rings. The summed E-state index contributed by atoms with van der Waals surface area (Å²) in [5, 5.41) is 0. The number of fused-ring (bicyclic) bond motifs is 10. The molecule has 0 spiro atoms. The number of nitrogens with one attached hydrogen (secondary N) is 3. The summed E-state index contributed by atoms with van der Waals surface area (Å²) in [5.41, 5.74) is 3.09. The van der Waals surface area contributed by atoms with Gasteiger partial charge in [0, 0.05) is 25.5 Å². The Bertz CT molecular complexity index is 4350. The SMILES string of the molecule is Nc1nc2c(ncn2[C@@H]2O[C@@H]3COP(=S)(S)O[C@H]4[C@H](F)[C@H](n5cnc6c(=O)[nH]cnc65)O[C@@H]4COP(O)(=S)O[C@@H]2[C@@H]3F)c(=O)[nH]1.Nc1nc2c(ncn2[C@@H]2O[C@@H]3COP(O)(=S)O[C@H]4C[C@H](n5cnc6c5N=CCC6=O)O[C@@H]4COP(=S)(S)O[C@@H]2C3)c(=O)[nH]1. The van der Waals surface area contributed by atoms with Gasteiger partial charge in [-0.1, -0.05) is 24.5 Å². The zero-order chi connectivity index (χ0) is 61.9. The molecule has 0 aromatic carbocycles. The van der Waals surface area contributed by atoms with E-state index in [1.807, 2.05) is 0 Å². The maximum absolute atomic E-state index is 16.0. The first-order chi connectivity index (χ1) is 41.8. The molecule has 14 rings (SSSR count). The van der Waals surface area contributed by atoms with Crippen LogP contribution < -0.4 is 28.1 Å². The Morgan fingerprint density at radius 2 is 1.16 bits per heavy atom. The van der Waals surface area contributed by atoms with E-state index in [0.717, 1.165) is 12.7 Å². The van der Waals surface area contributed by atoms with E-state index >= 15 is 8.78 Å². The van der Waals surface area contributed by atoms with Crippen LogP contribution in [0.1, 0.15) is 54.7 Å². The molecule has 18 atom stereocenters. The number of nitrogens with zero attached hydrogens (tertiary/aromatic N) is 12. The highest BCUT2D eigenvalue weighted by atomic mass is 32.9. The zero-order valence-electron chi connectivity index (χ0n) is 44.0. The molecule has 7 aliphatic rings. The predicted octanol–water partition coefficient (Wildman–Crippen LogP) is 2.14. The van der Waals surface area contributed by atoms with Crippen LogP contribution in [-0.4, -0.2) is 177 Å². The number of ether oxygens (including phenoxy) is 4. The molecule has 4 bridgehead atoms. The molecule has 0 saturated carbocycles. The normalized spacial score (nSPS) is 37.1. The molecule has 0 radical (unpaired) electrons. The van der Waals surface area contributed by atoms with Crippen molar-refractivity contribution in [2.75, 3.05) is 37.9 Å². The molecule has 0 aliphatic carbocycles. The Hall–Kier alpha value is -4.20. The van der Waals surface area contributed by atoms with Crippen molar-refractivity contribution < 1.29 is 78.5 Å². The van der Waals surface area contributed by atoms with Gasteiger partial charge in [-0.3, -0.25) is 51.9 Å². The van der Waals surface area contributed by atoms with Crippen molar-refractivity contribution in [2.24, 2.45) is 4.99 Å². The maximum atomic E-state index is 16.0. The average Bonchev–Trinajstić information content (AvgIpc) is 2.09. The molecule has 0 amide bonds. The Balaban J connectivity index is 0.000000162. The van der Waals surface area contributed by atoms with E-state index in [9.17, 15) is 29.0 Å². The highest BCUT2D eigenvalue weighted by molar-refractivity contribution is 8.60. The Labute approximate surface area is 520 Å². The summed E-state index contributed by atoms with van der Waals surface area (Å²) in [6.45, 7) is -9.57. The number of aliphatic imine (C=N–C) groups is 1. The molecule has 7 aliphatic heterocycles. The molecule has 14 heterocycles. The lowest BCUT2D eigenvalue weighted by atomic mass is 10.1. The molecule has 47 heteroatoms. The molecule has 472 valence electrons. The number of hydrogen-bond donors (Lipinski definition) is 9. The van der Waals surface area contributed by atoms with Crippen molar-refractivity contribution in [2.45, 2.75) is 105 Å². The first-order valence-corrected chi connectivity index (χ1v) is 38.5. The maximum Gasteiger partial charge on any atom is 0.325 e. The number of imidazole rings is 4. The third kappa shape index (κ3) is 12.4. The van der Waals surface area contributed by atoms with E-state index in [2.05, 4.69) is 79.3 Å². The van der Waals surface area contributed by atoms with Crippen LogP contribution in [0.5, 0.6) is 0 Å². The summed E-state index contributed by atoms with van der Waals surface area (Å²) in [4.78, 5) is 111. The number of alkyl halides is 2. The molecular formula is C41H45F2N17O18P4S6. The number of rotatable bonds is 4. The van der Waals surface area contributed by atoms with Gasteiger partial charge in [-0.2, -0.15) is 9.97 Å². The topological polar surface area (TPSA) is 441 Å². The zero-order valence-corrected chi connectivity index (χ0v) is 52.6. The number of thiol groups is 2. The fourth-order valence-electron chi connectivity index (χ4n) is 10.6.